The van der Waals surface area contributed by atoms with Gasteiger partial charge in [-0.25, -0.2) is 22.0 Å². The molecule has 0 aromatic heterocycles. The number of amides is 1. The summed E-state index contributed by atoms with van der Waals surface area (Å²) < 4.78 is 59.4. The normalized spacial score (nSPS) is 14.0. The van der Waals surface area contributed by atoms with Crippen molar-refractivity contribution in [2.45, 2.75) is 17.7 Å². The molecule has 1 heterocycles. The molecule has 1 amide bonds. The molecule has 0 saturated carbocycles. The van der Waals surface area contributed by atoms with Crippen LogP contribution in [0.5, 0.6) is 0 Å². The van der Waals surface area contributed by atoms with Crippen molar-refractivity contribution in [3.63, 3.8) is 0 Å². The van der Waals surface area contributed by atoms with Gasteiger partial charge in [0.2, 0.25) is 0 Å². The van der Waals surface area contributed by atoms with E-state index < -0.39 is 38.1 Å². The number of halogens is 2. The molecule has 154 valence electrons. The number of carbonyl (C=O) groups excluding carboxylic acids is 2. The Morgan fingerprint density at radius 3 is 2.24 bits per heavy atom. The topological polar surface area (TPSA) is 92.8 Å². The van der Waals surface area contributed by atoms with E-state index >= 15 is 0 Å². The van der Waals surface area contributed by atoms with Crippen LogP contribution in [0.3, 0.4) is 0 Å². The van der Waals surface area contributed by atoms with E-state index in [4.69, 9.17) is 0 Å². The summed E-state index contributed by atoms with van der Waals surface area (Å²) in [5.41, 5.74) is -0.233. The summed E-state index contributed by atoms with van der Waals surface area (Å²) in [6.45, 7) is 1.36. The number of anilines is 1. The minimum Gasteiger partial charge on any atom is -0.465 e. The first-order valence-corrected chi connectivity index (χ1v) is 10.2. The molecule has 2 aromatic carbocycles. The highest BCUT2D eigenvalue weighted by atomic mass is 32.2. The maximum atomic E-state index is 14.1. The monoisotopic (exact) mass is 424 g/mol. The van der Waals surface area contributed by atoms with Gasteiger partial charge >= 0.3 is 5.97 Å². The molecule has 0 spiro atoms. The maximum Gasteiger partial charge on any atom is 0.340 e. The third-order valence-corrected chi connectivity index (χ3v) is 5.89. The summed E-state index contributed by atoms with van der Waals surface area (Å²) in [5.74, 6) is -3.88. The zero-order valence-electron chi connectivity index (χ0n) is 15.4. The number of esters is 1. The lowest BCUT2D eigenvalue weighted by Gasteiger charge is -2.15. The summed E-state index contributed by atoms with van der Waals surface area (Å²) >= 11 is 0. The number of carbonyl (C=O) groups is 2. The van der Waals surface area contributed by atoms with Crippen molar-refractivity contribution in [3.05, 3.63) is 59.2 Å². The molecule has 0 aliphatic carbocycles. The summed E-state index contributed by atoms with van der Waals surface area (Å²) in [6.07, 6.45) is 1.89. The summed E-state index contributed by atoms with van der Waals surface area (Å²) in [6, 6.07) is 6.52. The van der Waals surface area contributed by atoms with Gasteiger partial charge in [0.15, 0.2) is 0 Å². The van der Waals surface area contributed by atoms with Crippen molar-refractivity contribution in [2.75, 3.05) is 24.9 Å². The number of sulfonamides is 1. The van der Waals surface area contributed by atoms with Crippen LogP contribution in [-0.2, 0) is 14.8 Å². The molecule has 29 heavy (non-hydrogen) atoms. The molecule has 1 fully saturated rings. The number of hydrogen-bond donors (Lipinski definition) is 1. The van der Waals surface area contributed by atoms with Crippen LogP contribution in [0.1, 0.15) is 33.6 Å². The third kappa shape index (κ3) is 4.37. The SMILES string of the molecule is COC(=O)c1cc(S(=O)(=O)Nc2ccc(C(=O)N3CCCC3)cc2)c(F)cc1F. The second-order valence-electron chi connectivity index (χ2n) is 6.44. The zero-order chi connectivity index (χ0) is 21.2. The number of nitrogens with zero attached hydrogens (tertiary/aromatic N) is 1. The highest BCUT2D eigenvalue weighted by Gasteiger charge is 2.25. The first-order chi connectivity index (χ1) is 13.7. The zero-order valence-corrected chi connectivity index (χ0v) is 16.3. The van der Waals surface area contributed by atoms with Gasteiger partial charge in [0, 0.05) is 30.4 Å². The van der Waals surface area contributed by atoms with E-state index in [-0.39, 0.29) is 11.6 Å². The quantitative estimate of drug-likeness (QED) is 0.745. The molecule has 0 atom stereocenters. The number of nitrogens with one attached hydrogen (secondary N) is 1. The van der Waals surface area contributed by atoms with E-state index in [0.29, 0.717) is 30.8 Å². The number of likely N-dealkylation sites (tertiary alicyclic amines) is 1. The lowest BCUT2D eigenvalue weighted by molar-refractivity contribution is 0.0594. The highest BCUT2D eigenvalue weighted by Crippen LogP contribution is 2.23. The molecule has 0 radical (unpaired) electrons. The molecule has 7 nitrogen and oxygen atoms in total. The predicted octanol–water partition coefficient (Wildman–Crippen LogP) is 2.79. The fraction of sp³-hybridized carbons (Fsp3) is 0.263. The Kier molecular flexibility index (Phi) is 5.83. The fourth-order valence-electron chi connectivity index (χ4n) is 3.00. The van der Waals surface area contributed by atoms with Crippen LogP contribution in [-0.4, -0.2) is 45.4 Å². The van der Waals surface area contributed by atoms with Crippen molar-refractivity contribution in [1.29, 1.82) is 0 Å². The standard InChI is InChI=1S/C19H18F2N2O5S/c1-28-19(25)14-10-17(16(21)11-15(14)20)29(26,27)22-13-6-4-12(5-7-13)18(24)23-8-2-3-9-23/h4-7,10-11,22H,2-3,8-9H2,1H3. The lowest BCUT2D eigenvalue weighted by Crippen LogP contribution is -2.27. The first-order valence-electron chi connectivity index (χ1n) is 8.72. The van der Waals surface area contributed by atoms with Crippen LogP contribution in [0.15, 0.2) is 41.3 Å². The number of benzene rings is 2. The molecule has 0 bridgehead atoms. The number of ether oxygens (including phenoxy) is 1. The first kappa shape index (κ1) is 20.7. The van der Waals surface area contributed by atoms with Gasteiger partial charge < -0.3 is 9.64 Å². The number of methoxy groups -OCH3 is 1. The van der Waals surface area contributed by atoms with Crippen LogP contribution >= 0.6 is 0 Å². The molecule has 1 N–H and O–H groups in total. The van der Waals surface area contributed by atoms with E-state index in [1.54, 1.807) is 4.90 Å². The third-order valence-electron chi connectivity index (χ3n) is 4.49. The van der Waals surface area contributed by atoms with Gasteiger partial charge in [-0.2, -0.15) is 0 Å². The van der Waals surface area contributed by atoms with Gasteiger partial charge in [0.05, 0.1) is 12.7 Å². The average molecular weight is 424 g/mol. The van der Waals surface area contributed by atoms with Crippen LogP contribution in [0.2, 0.25) is 0 Å². The van der Waals surface area contributed by atoms with Gasteiger partial charge in [-0.1, -0.05) is 0 Å². The molecule has 10 heteroatoms. The fourth-order valence-corrected chi connectivity index (χ4v) is 4.14. The van der Waals surface area contributed by atoms with Gasteiger partial charge in [-0.3, -0.25) is 9.52 Å². The predicted molar refractivity (Wildman–Crippen MR) is 100 cm³/mol. The maximum absolute atomic E-state index is 14.1. The molecule has 1 aliphatic rings. The van der Waals surface area contributed by atoms with Crippen molar-refractivity contribution in [3.8, 4) is 0 Å². The van der Waals surface area contributed by atoms with E-state index in [0.717, 1.165) is 20.0 Å². The van der Waals surface area contributed by atoms with E-state index in [9.17, 15) is 26.8 Å². The van der Waals surface area contributed by atoms with Crippen molar-refractivity contribution in [2.24, 2.45) is 0 Å². The second kappa shape index (κ2) is 8.16. The lowest BCUT2D eigenvalue weighted by atomic mass is 10.2. The molecule has 2 aromatic rings. The van der Waals surface area contributed by atoms with E-state index in [2.05, 4.69) is 9.46 Å². The Labute approximate surface area is 166 Å². The number of hydrogen-bond acceptors (Lipinski definition) is 5. The number of rotatable bonds is 5. The Bertz CT molecular complexity index is 1050. The minimum atomic E-state index is -4.47. The molecule has 1 saturated heterocycles. The summed E-state index contributed by atoms with van der Waals surface area (Å²) in [5, 5.41) is 0. The summed E-state index contributed by atoms with van der Waals surface area (Å²) in [7, 11) is -3.48. The van der Waals surface area contributed by atoms with Crippen molar-refractivity contribution in [1.82, 2.24) is 4.90 Å². The van der Waals surface area contributed by atoms with Crippen LogP contribution < -0.4 is 4.72 Å². The Morgan fingerprint density at radius 2 is 1.66 bits per heavy atom. The van der Waals surface area contributed by atoms with Crippen molar-refractivity contribution < 1.29 is 31.5 Å². The second-order valence-corrected chi connectivity index (χ2v) is 8.09. The molecule has 0 unspecified atom stereocenters. The van der Waals surface area contributed by atoms with E-state index in [1.807, 2.05) is 0 Å². The molecule has 3 rings (SSSR count). The van der Waals surface area contributed by atoms with E-state index in [1.165, 1.54) is 24.3 Å². The molecular weight excluding hydrogens is 406 g/mol. The van der Waals surface area contributed by atoms with Crippen molar-refractivity contribution >= 4 is 27.6 Å². The highest BCUT2D eigenvalue weighted by molar-refractivity contribution is 7.92. The van der Waals surface area contributed by atoms with Gasteiger partial charge in [-0.15, -0.1) is 0 Å². The summed E-state index contributed by atoms with van der Waals surface area (Å²) in [4.78, 5) is 24.7. The van der Waals surface area contributed by atoms with Gasteiger partial charge in [0.25, 0.3) is 15.9 Å². The van der Waals surface area contributed by atoms with Gasteiger partial charge in [-0.05, 0) is 43.2 Å². The molecular formula is C19H18F2N2O5S. The average Bonchev–Trinajstić information content (AvgIpc) is 3.22. The van der Waals surface area contributed by atoms with Gasteiger partial charge in [0.1, 0.15) is 16.5 Å². The van der Waals surface area contributed by atoms with Crippen LogP contribution in [0.4, 0.5) is 14.5 Å². The minimum absolute atomic E-state index is 0.0753. The Morgan fingerprint density at radius 1 is 1.03 bits per heavy atom. The molecule has 1 aliphatic heterocycles. The van der Waals surface area contributed by atoms with Crippen LogP contribution in [0.25, 0.3) is 0 Å². The van der Waals surface area contributed by atoms with Crippen LogP contribution in [0, 0.1) is 11.6 Å². The largest absolute Gasteiger partial charge is 0.465 e. The Hall–Kier alpha value is -3.01. The Balaban J connectivity index is 1.84. The smallest absolute Gasteiger partial charge is 0.340 e.